The Labute approximate surface area is 84.9 Å². The minimum atomic E-state index is 0. The van der Waals surface area contributed by atoms with Gasteiger partial charge in [0.2, 0.25) is 0 Å². The van der Waals surface area contributed by atoms with Crippen LogP contribution in [0.3, 0.4) is 0 Å². The van der Waals surface area contributed by atoms with Gasteiger partial charge in [-0.05, 0) is 31.9 Å². The Morgan fingerprint density at radius 2 is 2.17 bits per heavy atom. The third-order valence-electron chi connectivity index (χ3n) is 1.59. The Morgan fingerprint density at radius 3 is 2.58 bits per heavy atom. The van der Waals surface area contributed by atoms with Gasteiger partial charge in [0.1, 0.15) is 0 Å². The van der Waals surface area contributed by atoms with Crippen molar-refractivity contribution in [2.75, 3.05) is 6.54 Å². The van der Waals surface area contributed by atoms with Gasteiger partial charge in [-0.2, -0.15) is 5.10 Å². The highest BCUT2D eigenvalue weighted by molar-refractivity contribution is 5.85. The van der Waals surface area contributed by atoms with Crippen molar-refractivity contribution < 1.29 is 0 Å². The molecule has 3 nitrogen and oxygen atoms in total. The molecule has 0 aliphatic carbocycles. The van der Waals surface area contributed by atoms with Crippen LogP contribution in [-0.4, -0.2) is 16.7 Å². The van der Waals surface area contributed by atoms with Gasteiger partial charge in [0.15, 0.2) is 0 Å². The van der Waals surface area contributed by atoms with Crippen molar-refractivity contribution in [2.24, 2.45) is 5.73 Å². The van der Waals surface area contributed by atoms with Crippen molar-refractivity contribution in [3.05, 3.63) is 17.5 Å². The van der Waals surface area contributed by atoms with Crippen LogP contribution < -0.4 is 5.73 Å². The zero-order chi connectivity index (χ0) is 7.40. The number of H-pyrrole nitrogens is 1. The maximum Gasteiger partial charge on any atom is 0.0623 e. The van der Waals surface area contributed by atoms with Crippen LogP contribution in [0.5, 0.6) is 0 Å². The molecule has 72 valence electrons. The molecule has 3 N–H and O–H groups in total. The maximum absolute atomic E-state index is 5.36. The van der Waals surface area contributed by atoms with E-state index in [-0.39, 0.29) is 24.8 Å². The van der Waals surface area contributed by atoms with Crippen LogP contribution in [0.2, 0.25) is 0 Å². The Kier molecular flexibility index (Phi) is 8.81. The predicted molar refractivity (Wildman–Crippen MR) is 55.2 cm³/mol. The van der Waals surface area contributed by atoms with Crippen LogP contribution in [0.1, 0.15) is 17.7 Å². The van der Waals surface area contributed by atoms with Gasteiger partial charge in [0, 0.05) is 6.20 Å². The molecule has 5 heteroatoms. The van der Waals surface area contributed by atoms with Gasteiger partial charge in [-0.15, -0.1) is 24.8 Å². The summed E-state index contributed by atoms with van der Waals surface area (Å²) in [4.78, 5) is 0. The number of hydrogen-bond acceptors (Lipinski definition) is 2. The first kappa shape index (κ1) is 14.3. The quantitative estimate of drug-likeness (QED) is 0.796. The third kappa shape index (κ3) is 3.95. The van der Waals surface area contributed by atoms with Gasteiger partial charge in [-0.1, -0.05) is 0 Å². The van der Waals surface area contributed by atoms with Crippen LogP contribution in [0.15, 0.2) is 6.20 Å². The molecule has 0 atom stereocenters. The van der Waals surface area contributed by atoms with Gasteiger partial charge < -0.3 is 5.73 Å². The molecule has 0 saturated heterocycles. The van der Waals surface area contributed by atoms with Crippen molar-refractivity contribution in [2.45, 2.75) is 19.8 Å². The highest BCUT2D eigenvalue weighted by Gasteiger charge is 1.97. The lowest BCUT2D eigenvalue weighted by Crippen LogP contribution is -2.00. The summed E-state index contributed by atoms with van der Waals surface area (Å²) in [7, 11) is 0. The fourth-order valence-corrected chi connectivity index (χ4v) is 0.929. The highest BCUT2D eigenvalue weighted by atomic mass is 35.5. The molecule has 1 aromatic rings. The van der Waals surface area contributed by atoms with E-state index in [1.807, 2.05) is 13.1 Å². The van der Waals surface area contributed by atoms with Crippen molar-refractivity contribution in [1.82, 2.24) is 10.2 Å². The van der Waals surface area contributed by atoms with Gasteiger partial charge in [-0.25, -0.2) is 0 Å². The lowest BCUT2D eigenvalue weighted by molar-refractivity contribution is 0.828. The highest BCUT2D eigenvalue weighted by Crippen LogP contribution is 2.04. The second-order valence-electron chi connectivity index (χ2n) is 2.39. The average Bonchev–Trinajstić information content (AvgIpc) is 2.31. The summed E-state index contributed by atoms with van der Waals surface area (Å²) in [6, 6.07) is 0. The van der Waals surface area contributed by atoms with Crippen molar-refractivity contribution in [1.29, 1.82) is 0 Å². The zero-order valence-electron chi connectivity index (χ0n) is 7.04. The minimum Gasteiger partial charge on any atom is -0.330 e. The van der Waals surface area contributed by atoms with Crippen LogP contribution in [0.25, 0.3) is 0 Å². The molecule has 0 saturated carbocycles. The molecule has 0 amide bonds. The number of aromatic nitrogens is 2. The molecule has 1 aromatic heterocycles. The normalized spacial score (nSPS) is 8.50. The summed E-state index contributed by atoms with van der Waals surface area (Å²) >= 11 is 0. The zero-order valence-corrected chi connectivity index (χ0v) is 8.67. The Hall–Kier alpha value is -0.250. The molecule has 12 heavy (non-hydrogen) atoms. The van der Waals surface area contributed by atoms with Gasteiger partial charge in [0.25, 0.3) is 0 Å². The summed E-state index contributed by atoms with van der Waals surface area (Å²) in [5.74, 6) is 0. The van der Waals surface area contributed by atoms with E-state index >= 15 is 0 Å². The molecule has 0 aromatic carbocycles. The molecule has 1 heterocycles. The number of halogens is 2. The monoisotopic (exact) mass is 211 g/mol. The SMILES string of the molecule is Cc1n[nH]cc1CCCN.Cl.Cl. The first-order valence-electron chi connectivity index (χ1n) is 3.54. The molecular weight excluding hydrogens is 197 g/mol. The Morgan fingerprint density at radius 1 is 1.50 bits per heavy atom. The van der Waals surface area contributed by atoms with Crippen molar-refractivity contribution >= 4 is 24.8 Å². The van der Waals surface area contributed by atoms with Gasteiger partial charge >= 0.3 is 0 Å². The van der Waals surface area contributed by atoms with Crippen molar-refractivity contribution in [3.63, 3.8) is 0 Å². The number of hydrogen-bond donors (Lipinski definition) is 2. The topological polar surface area (TPSA) is 54.7 Å². The van der Waals surface area contributed by atoms with Crippen LogP contribution in [-0.2, 0) is 6.42 Å². The molecule has 0 fully saturated rings. The summed E-state index contributed by atoms with van der Waals surface area (Å²) in [6.07, 6.45) is 4.02. The predicted octanol–water partition coefficient (Wildman–Crippen LogP) is 1.45. The summed E-state index contributed by atoms with van der Waals surface area (Å²) in [6.45, 7) is 2.76. The lowest BCUT2D eigenvalue weighted by atomic mass is 10.1. The van der Waals surface area contributed by atoms with Crippen LogP contribution >= 0.6 is 24.8 Å². The summed E-state index contributed by atoms with van der Waals surface area (Å²) in [5, 5.41) is 6.82. The standard InChI is InChI=1S/C7H13N3.2ClH/c1-6-7(3-2-4-8)5-9-10-6;;/h5H,2-4,8H2,1H3,(H,9,10);2*1H. The van der Waals surface area contributed by atoms with E-state index in [1.165, 1.54) is 5.56 Å². The van der Waals surface area contributed by atoms with E-state index in [0.29, 0.717) is 0 Å². The Balaban J connectivity index is 0. The molecule has 0 aliphatic heterocycles. The number of nitrogens with one attached hydrogen (secondary N) is 1. The molecule has 0 unspecified atom stereocenters. The molecule has 0 bridgehead atoms. The molecule has 0 radical (unpaired) electrons. The number of rotatable bonds is 3. The van der Waals surface area contributed by atoms with Gasteiger partial charge in [-0.3, -0.25) is 5.10 Å². The minimum absolute atomic E-state index is 0. The fourth-order valence-electron chi connectivity index (χ4n) is 0.929. The summed E-state index contributed by atoms with van der Waals surface area (Å²) < 4.78 is 0. The van der Waals surface area contributed by atoms with E-state index in [4.69, 9.17) is 5.73 Å². The van der Waals surface area contributed by atoms with E-state index in [9.17, 15) is 0 Å². The molecule has 1 rings (SSSR count). The second-order valence-corrected chi connectivity index (χ2v) is 2.39. The molecule has 0 aliphatic rings. The lowest BCUT2D eigenvalue weighted by Gasteiger charge is -1.93. The fraction of sp³-hybridized carbons (Fsp3) is 0.571. The van der Waals surface area contributed by atoms with Gasteiger partial charge in [0.05, 0.1) is 5.69 Å². The first-order valence-corrected chi connectivity index (χ1v) is 3.54. The number of aryl methyl sites for hydroxylation is 2. The number of nitrogens with two attached hydrogens (primary N) is 1. The number of aromatic amines is 1. The van der Waals surface area contributed by atoms with Crippen LogP contribution in [0.4, 0.5) is 0 Å². The molecule has 0 spiro atoms. The third-order valence-corrected chi connectivity index (χ3v) is 1.59. The average molecular weight is 212 g/mol. The van der Waals surface area contributed by atoms with E-state index in [2.05, 4.69) is 10.2 Å². The van der Waals surface area contributed by atoms with E-state index < -0.39 is 0 Å². The number of nitrogens with zero attached hydrogens (tertiary/aromatic N) is 1. The second kappa shape index (κ2) is 7.40. The first-order chi connectivity index (χ1) is 4.84. The van der Waals surface area contributed by atoms with Crippen LogP contribution in [0, 0.1) is 6.92 Å². The Bertz CT molecular complexity index is 200. The van der Waals surface area contributed by atoms with Crippen molar-refractivity contribution in [3.8, 4) is 0 Å². The molecular formula is C7H15Cl2N3. The van der Waals surface area contributed by atoms with E-state index in [1.54, 1.807) is 0 Å². The summed E-state index contributed by atoms with van der Waals surface area (Å²) in [5.41, 5.74) is 7.74. The maximum atomic E-state index is 5.36. The van der Waals surface area contributed by atoms with E-state index in [0.717, 1.165) is 25.1 Å². The smallest absolute Gasteiger partial charge is 0.0623 e. The largest absolute Gasteiger partial charge is 0.330 e.